The molecular weight excluding hydrogens is 246 g/mol. The summed E-state index contributed by atoms with van der Waals surface area (Å²) in [5, 5.41) is 4.38. The number of carbonyl (C=O) groups is 2. The average Bonchev–Trinajstić information content (AvgIpc) is 2.31. The van der Waals surface area contributed by atoms with Gasteiger partial charge in [-0.25, -0.2) is 18.4 Å². The largest absolute Gasteiger partial charge is 0.467 e. The van der Waals surface area contributed by atoms with E-state index in [0.717, 1.165) is 12.1 Å². The van der Waals surface area contributed by atoms with Gasteiger partial charge in [-0.1, -0.05) is 0 Å². The van der Waals surface area contributed by atoms with Gasteiger partial charge in [0.05, 0.1) is 12.8 Å². The Bertz CT molecular complexity index is 466. The van der Waals surface area contributed by atoms with Gasteiger partial charge in [-0.05, 0) is 19.1 Å². The van der Waals surface area contributed by atoms with Gasteiger partial charge in [-0.3, -0.25) is 0 Å². The van der Waals surface area contributed by atoms with E-state index in [-0.39, 0.29) is 5.69 Å². The highest BCUT2D eigenvalue weighted by atomic mass is 19.1. The molecule has 0 fully saturated rings. The van der Waals surface area contributed by atoms with Crippen molar-refractivity contribution in [1.82, 2.24) is 5.32 Å². The first-order valence-corrected chi connectivity index (χ1v) is 5.04. The van der Waals surface area contributed by atoms with E-state index >= 15 is 0 Å². The highest BCUT2D eigenvalue weighted by Crippen LogP contribution is 2.14. The Morgan fingerprint density at radius 2 is 2.00 bits per heavy atom. The maximum atomic E-state index is 13.2. The van der Waals surface area contributed by atoms with Crippen molar-refractivity contribution >= 4 is 17.7 Å². The number of hydrogen-bond donors (Lipinski definition) is 2. The molecule has 0 aliphatic carbocycles. The fourth-order valence-electron chi connectivity index (χ4n) is 1.18. The second-order valence-corrected chi connectivity index (χ2v) is 3.47. The Kier molecular flexibility index (Phi) is 4.59. The van der Waals surface area contributed by atoms with Crippen LogP contribution < -0.4 is 10.6 Å². The van der Waals surface area contributed by atoms with Crippen LogP contribution in [0.25, 0.3) is 0 Å². The van der Waals surface area contributed by atoms with Crippen molar-refractivity contribution < 1.29 is 23.1 Å². The van der Waals surface area contributed by atoms with Crippen LogP contribution in [-0.2, 0) is 9.53 Å². The minimum Gasteiger partial charge on any atom is -0.467 e. The van der Waals surface area contributed by atoms with Crippen LogP contribution in [0.1, 0.15) is 6.92 Å². The first-order chi connectivity index (χ1) is 8.43. The number of amides is 2. The molecule has 0 saturated heterocycles. The highest BCUT2D eigenvalue weighted by molar-refractivity contribution is 5.92. The summed E-state index contributed by atoms with van der Waals surface area (Å²) in [5.74, 6) is -2.29. The number of halogens is 2. The molecule has 98 valence electrons. The zero-order valence-electron chi connectivity index (χ0n) is 9.79. The van der Waals surface area contributed by atoms with E-state index in [0.29, 0.717) is 6.07 Å². The van der Waals surface area contributed by atoms with E-state index in [1.807, 2.05) is 0 Å². The molecular formula is C11H12F2N2O3. The summed E-state index contributed by atoms with van der Waals surface area (Å²) in [6.45, 7) is 1.41. The molecule has 2 N–H and O–H groups in total. The average molecular weight is 258 g/mol. The predicted octanol–water partition coefficient (Wildman–Crippen LogP) is 1.65. The SMILES string of the molecule is COC(=O)C(C)NC(=O)Nc1ccc(F)cc1F. The lowest BCUT2D eigenvalue weighted by molar-refractivity contribution is -0.142. The fraction of sp³-hybridized carbons (Fsp3) is 0.273. The minimum atomic E-state index is -0.907. The van der Waals surface area contributed by atoms with E-state index in [4.69, 9.17) is 0 Å². The number of methoxy groups -OCH3 is 1. The molecule has 1 aromatic rings. The van der Waals surface area contributed by atoms with Gasteiger partial charge in [0.2, 0.25) is 0 Å². The van der Waals surface area contributed by atoms with Crippen LogP contribution in [0.3, 0.4) is 0 Å². The summed E-state index contributed by atoms with van der Waals surface area (Å²) in [4.78, 5) is 22.4. The lowest BCUT2D eigenvalue weighted by Gasteiger charge is -2.12. The standard InChI is InChI=1S/C11H12F2N2O3/c1-6(10(16)18-2)14-11(17)15-9-4-3-7(12)5-8(9)13/h3-6H,1-2H3,(H2,14,15,17). The van der Waals surface area contributed by atoms with Crippen molar-refractivity contribution in [1.29, 1.82) is 0 Å². The Balaban J connectivity index is 2.62. The molecule has 0 heterocycles. The van der Waals surface area contributed by atoms with Gasteiger partial charge < -0.3 is 15.4 Å². The number of anilines is 1. The Morgan fingerprint density at radius 3 is 2.56 bits per heavy atom. The van der Waals surface area contributed by atoms with Crippen molar-refractivity contribution in [3.05, 3.63) is 29.8 Å². The lowest BCUT2D eigenvalue weighted by atomic mass is 10.3. The van der Waals surface area contributed by atoms with Crippen LogP contribution >= 0.6 is 0 Å². The first-order valence-electron chi connectivity index (χ1n) is 5.04. The second-order valence-electron chi connectivity index (χ2n) is 3.47. The molecule has 0 aromatic heterocycles. The van der Waals surface area contributed by atoms with Gasteiger partial charge >= 0.3 is 12.0 Å². The van der Waals surface area contributed by atoms with E-state index in [2.05, 4.69) is 15.4 Å². The highest BCUT2D eigenvalue weighted by Gasteiger charge is 2.16. The number of rotatable bonds is 3. The van der Waals surface area contributed by atoms with Crippen LogP contribution in [-0.4, -0.2) is 25.2 Å². The van der Waals surface area contributed by atoms with Gasteiger partial charge in [0.15, 0.2) is 0 Å². The monoisotopic (exact) mass is 258 g/mol. The molecule has 0 bridgehead atoms. The first kappa shape index (κ1) is 13.9. The van der Waals surface area contributed by atoms with Gasteiger partial charge in [-0.15, -0.1) is 0 Å². The molecule has 1 unspecified atom stereocenters. The zero-order chi connectivity index (χ0) is 13.7. The molecule has 7 heteroatoms. The van der Waals surface area contributed by atoms with E-state index in [9.17, 15) is 18.4 Å². The molecule has 1 atom stereocenters. The molecule has 2 amide bonds. The van der Waals surface area contributed by atoms with Crippen molar-refractivity contribution in [2.75, 3.05) is 12.4 Å². The maximum Gasteiger partial charge on any atom is 0.328 e. The Hall–Kier alpha value is -2.18. The molecule has 0 aliphatic rings. The van der Waals surface area contributed by atoms with Crippen LogP contribution in [0, 0.1) is 11.6 Å². The Labute approximate surface area is 102 Å². The molecule has 0 saturated carbocycles. The van der Waals surface area contributed by atoms with Gasteiger partial charge in [0, 0.05) is 6.07 Å². The van der Waals surface area contributed by atoms with Crippen LogP contribution in [0.2, 0.25) is 0 Å². The van der Waals surface area contributed by atoms with Crippen molar-refractivity contribution in [3.63, 3.8) is 0 Å². The quantitative estimate of drug-likeness (QED) is 0.810. The van der Waals surface area contributed by atoms with Crippen LogP contribution in [0.4, 0.5) is 19.3 Å². The Morgan fingerprint density at radius 1 is 1.33 bits per heavy atom. The molecule has 18 heavy (non-hydrogen) atoms. The summed E-state index contributed by atoms with van der Waals surface area (Å²) in [5.41, 5.74) is -0.189. The number of urea groups is 1. The molecule has 0 aliphatic heterocycles. The smallest absolute Gasteiger partial charge is 0.328 e. The summed E-state index contributed by atoms with van der Waals surface area (Å²) < 4.78 is 30.2. The van der Waals surface area contributed by atoms with Crippen molar-refractivity contribution in [3.8, 4) is 0 Å². The van der Waals surface area contributed by atoms with Crippen molar-refractivity contribution in [2.24, 2.45) is 0 Å². The number of hydrogen-bond acceptors (Lipinski definition) is 3. The number of esters is 1. The summed E-state index contributed by atoms with van der Waals surface area (Å²) in [6, 6.07) is 1.05. The van der Waals surface area contributed by atoms with E-state index in [1.54, 1.807) is 0 Å². The van der Waals surface area contributed by atoms with Gasteiger partial charge in [0.25, 0.3) is 0 Å². The molecule has 1 rings (SSSR count). The third-order valence-electron chi connectivity index (χ3n) is 2.08. The second kappa shape index (κ2) is 5.95. The normalized spacial score (nSPS) is 11.6. The third-order valence-corrected chi connectivity index (χ3v) is 2.08. The third kappa shape index (κ3) is 3.69. The van der Waals surface area contributed by atoms with E-state index in [1.165, 1.54) is 14.0 Å². The number of ether oxygens (including phenoxy) is 1. The fourth-order valence-corrected chi connectivity index (χ4v) is 1.18. The van der Waals surface area contributed by atoms with E-state index < -0.39 is 29.7 Å². The number of carbonyl (C=O) groups excluding carboxylic acids is 2. The maximum absolute atomic E-state index is 13.2. The van der Waals surface area contributed by atoms with Gasteiger partial charge in [0.1, 0.15) is 17.7 Å². The molecule has 0 spiro atoms. The minimum absolute atomic E-state index is 0.189. The topological polar surface area (TPSA) is 67.4 Å². The van der Waals surface area contributed by atoms with Crippen molar-refractivity contribution in [2.45, 2.75) is 13.0 Å². The van der Waals surface area contributed by atoms with Gasteiger partial charge in [-0.2, -0.15) is 0 Å². The lowest BCUT2D eigenvalue weighted by Crippen LogP contribution is -2.41. The number of nitrogens with one attached hydrogen (secondary N) is 2. The molecule has 1 aromatic carbocycles. The zero-order valence-corrected chi connectivity index (χ0v) is 9.79. The summed E-state index contributed by atoms with van der Waals surface area (Å²) >= 11 is 0. The van der Waals surface area contributed by atoms with Crippen LogP contribution in [0.5, 0.6) is 0 Å². The molecule has 0 radical (unpaired) electrons. The predicted molar refractivity (Wildman–Crippen MR) is 60.0 cm³/mol. The summed E-state index contributed by atoms with van der Waals surface area (Å²) in [7, 11) is 1.18. The molecule has 5 nitrogen and oxygen atoms in total. The van der Waals surface area contributed by atoms with Crippen LogP contribution in [0.15, 0.2) is 18.2 Å². The number of benzene rings is 1. The summed E-state index contributed by atoms with van der Waals surface area (Å²) in [6.07, 6.45) is 0.